The van der Waals surface area contributed by atoms with Gasteiger partial charge in [0, 0.05) is 20.3 Å². The average molecular weight is 127 g/mol. The highest BCUT2D eigenvalue weighted by molar-refractivity contribution is 5.77. The molecule has 0 unspecified atom stereocenters. The zero-order valence-electron chi connectivity index (χ0n) is 6.13. The molecule has 0 bridgehead atoms. The molecule has 0 aromatic rings. The van der Waals surface area contributed by atoms with Crippen molar-refractivity contribution in [2.24, 2.45) is 10.7 Å². The van der Waals surface area contributed by atoms with Crippen LogP contribution in [0.2, 0.25) is 0 Å². The smallest absolute Gasteiger partial charge is 0.195 e. The number of hydrogen-bond donors (Lipinski definition) is 1. The summed E-state index contributed by atoms with van der Waals surface area (Å²) in [5.41, 5.74) is 5.43. The van der Waals surface area contributed by atoms with Gasteiger partial charge in [0.15, 0.2) is 5.96 Å². The van der Waals surface area contributed by atoms with Gasteiger partial charge in [-0.3, -0.25) is 0 Å². The molecule has 52 valence electrons. The molecule has 0 radical (unpaired) electrons. The van der Waals surface area contributed by atoms with Crippen LogP contribution in [0, 0.1) is 0 Å². The summed E-state index contributed by atoms with van der Waals surface area (Å²) in [5.74, 6) is 0.521. The first kappa shape index (κ1) is 8.01. The summed E-state index contributed by atoms with van der Waals surface area (Å²) < 4.78 is 0. The van der Waals surface area contributed by atoms with Gasteiger partial charge in [-0.05, 0) is 6.92 Å². The third-order valence-corrected chi connectivity index (χ3v) is 0.814. The van der Waals surface area contributed by atoms with E-state index in [0.29, 0.717) is 5.96 Å². The Morgan fingerprint density at radius 3 is 2.44 bits per heavy atom. The second-order valence-electron chi connectivity index (χ2n) is 1.86. The van der Waals surface area contributed by atoms with Crippen LogP contribution in [0.15, 0.2) is 17.3 Å². The van der Waals surface area contributed by atoms with Gasteiger partial charge in [0.2, 0.25) is 0 Å². The summed E-state index contributed by atoms with van der Waals surface area (Å²) >= 11 is 0. The van der Waals surface area contributed by atoms with Crippen LogP contribution in [0.4, 0.5) is 0 Å². The van der Waals surface area contributed by atoms with Crippen molar-refractivity contribution < 1.29 is 0 Å². The number of hydrogen-bond acceptors (Lipinski definition) is 1. The highest BCUT2D eigenvalue weighted by Crippen LogP contribution is 1.77. The molecule has 0 spiro atoms. The summed E-state index contributed by atoms with van der Waals surface area (Å²) in [6.45, 7) is 1.90. The predicted octanol–water partition coefficient (Wildman–Crippen LogP) is 0.396. The highest BCUT2D eigenvalue weighted by Gasteiger charge is 1.87. The van der Waals surface area contributed by atoms with Crippen LogP contribution in [0.25, 0.3) is 0 Å². The lowest BCUT2D eigenvalue weighted by Crippen LogP contribution is -2.29. The van der Waals surface area contributed by atoms with E-state index in [1.54, 1.807) is 11.1 Å². The molecule has 0 saturated carbocycles. The van der Waals surface area contributed by atoms with E-state index < -0.39 is 0 Å². The van der Waals surface area contributed by atoms with Crippen LogP contribution in [-0.4, -0.2) is 25.0 Å². The van der Waals surface area contributed by atoms with Crippen molar-refractivity contribution in [3.05, 3.63) is 12.3 Å². The Morgan fingerprint density at radius 2 is 2.11 bits per heavy atom. The summed E-state index contributed by atoms with van der Waals surface area (Å²) in [4.78, 5) is 5.63. The van der Waals surface area contributed by atoms with Crippen LogP contribution in [-0.2, 0) is 0 Å². The first-order valence-corrected chi connectivity index (χ1v) is 2.80. The first-order chi connectivity index (χ1) is 4.18. The van der Waals surface area contributed by atoms with Crippen LogP contribution >= 0.6 is 0 Å². The van der Waals surface area contributed by atoms with Crippen molar-refractivity contribution in [3.8, 4) is 0 Å². The molecule has 0 aromatic heterocycles. The van der Waals surface area contributed by atoms with Gasteiger partial charge in [-0.25, -0.2) is 4.99 Å². The molecular formula is C6H13N3. The average Bonchev–Trinajstić information content (AvgIpc) is 1.82. The number of allylic oxidation sites excluding steroid dienone is 1. The highest BCUT2D eigenvalue weighted by atomic mass is 15.2. The van der Waals surface area contributed by atoms with Crippen LogP contribution in [0.5, 0.6) is 0 Å². The zero-order chi connectivity index (χ0) is 7.28. The number of guanidine groups is 1. The fraction of sp³-hybridized carbons (Fsp3) is 0.500. The van der Waals surface area contributed by atoms with Crippen molar-refractivity contribution in [1.29, 1.82) is 0 Å². The Bertz CT molecular complexity index is 124. The molecule has 2 N–H and O–H groups in total. The maximum atomic E-state index is 5.43. The maximum absolute atomic E-state index is 5.43. The molecule has 3 heteroatoms. The topological polar surface area (TPSA) is 41.6 Å². The molecule has 3 nitrogen and oxygen atoms in total. The molecule has 0 aliphatic carbocycles. The molecule has 0 aliphatic rings. The molecule has 0 fully saturated rings. The summed E-state index contributed by atoms with van der Waals surface area (Å²) in [7, 11) is 3.70. The summed E-state index contributed by atoms with van der Waals surface area (Å²) in [6, 6.07) is 0. The van der Waals surface area contributed by atoms with Crippen molar-refractivity contribution in [1.82, 2.24) is 4.90 Å². The van der Waals surface area contributed by atoms with Gasteiger partial charge in [0.1, 0.15) is 0 Å². The molecule has 9 heavy (non-hydrogen) atoms. The second-order valence-corrected chi connectivity index (χ2v) is 1.86. The van der Waals surface area contributed by atoms with E-state index in [1.807, 2.05) is 27.1 Å². The van der Waals surface area contributed by atoms with Gasteiger partial charge in [-0.2, -0.15) is 0 Å². The van der Waals surface area contributed by atoms with Crippen molar-refractivity contribution in [2.45, 2.75) is 6.92 Å². The lowest BCUT2D eigenvalue weighted by molar-refractivity contribution is 0.614. The molecule has 0 aromatic carbocycles. The maximum Gasteiger partial charge on any atom is 0.195 e. The number of nitrogens with two attached hydrogens (primary N) is 1. The molecule has 0 amide bonds. The van der Waals surface area contributed by atoms with Gasteiger partial charge in [-0.1, -0.05) is 6.08 Å². The second kappa shape index (κ2) is 3.95. The molecular weight excluding hydrogens is 114 g/mol. The summed E-state index contributed by atoms with van der Waals surface area (Å²) in [5, 5.41) is 0. The van der Waals surface area contributed by atoms with Crippen molar-refractivity contribution in [3.63, 3.8) is 0 Å². The largest absolute Gasteiger partial charge is 0.370 e. The van der Waals surface area contributed by atoms with E-state index in [4.69, 9.17) is 5.73 Å². The molecule has 0 rings (SSSR count). The molecule has 0 aliphatic heterocycles. The Morgan fingerprint density at radius 1 is 1.56 bits per heavy atom. The fourth-order valence-corrected chi connectivity index (χ4v) is 0.266. The van der Waals surface area contributed by atoms with Crippen molar-refractivity contribution in [2.75, 3.05) is 14.1 Å². The lowest BCUT2D eigenvalue weighted by atomic mass is 10.7. The van der Waals surface area contributed by atoms with Gasteiger partial charge in [-0.15, -0.1) is 0 Å². The van der Waals surface area contributed by atoms with E-state index in [1.165, 1.54) is 0 Å². The number of nitrogens with zero attached hydrogens (tertiary/aromatic N) is 2. The molecule has 0 heterocycles. The standard InChI is InChI=1S/C6H13N3/c1-4-5-8-6(7)9(2)3/h4-5H,1-3H3,(H2,7,8). The van der Waals surface area contributed by atoms with E-state index in [9.17, 15) is 0 Å². The quantitative estimate of drug-likeness (QED) is 0.409. The van der Waals surface area contributed by atoms with E-state index in [-0.39, 0.29) is 0 Å². The van der Waals surface area contributed by atoms with Gasteiger partial charge in [0.25, 0.3) is 0 Å². The Hall–Kier alpha value is -0.990. The van der Waals surface area contributed by atoms with Crippen LogP contribution in [0.3, 0.4) is 0 Å². The zero-order valence-corrected chi connectivity index (χ0v) is 6.13. The Balaban J connectivity index is 3.84. The lowest BCUT2D eigenvalue weighted by Gasteiger charge is -2.08. The van der Waals surface area contributed by atoms with Gasteiger partial charge in [0.05, 0.1) is 0 Å². The summed E-state index contributed by atoms with van der Waals surface area (Å²) in [6.07, 6.45) is 3.49. The minimum absolute atomic E-state index is 0.521. The number of rotatable bonds is 1. The third-order valence-electron chi connectivity index (χ3n) is 0.814. The monoisotopic (exact) mass is 127 g/mol. The van der Waals surface area contributed by atoms with E-state index in [2.05, 4.69) is 4.99 Å². The van der Waals surface area contributed by atoms with E-state index >= 15 is 0 Å². The molecule has 0 saturated heterocycles. The van der Waals surface area contributed by atoms with Gasteiger partial charge >= 0.3 is 0 Å². The van der Waals surface area contributed by atoms with Crippen LogP contribution in [0.1, 0.15) is 6.92 Å². The predicted molar refractivity (Wildman–Crippen MR) is 40.1 cm³/mol. The molecule has 0 atom stereocenters. The normalized spacial score (nSPS) is 12.6. The van der Waals surface area contributed by atoms with Gasteiger partial charge < -0.3 is 10.6 Å². The minimum Gasteiger partial charge on any atom is -0.370 e. The Kier molecular flexibility index (Phi) is 3.51. The SMILES string of the molecule is CC=CN=C(N)N(C)C. The van der Waals surface area contributed by atoms with Crippen LogP contribution < -0.4 is 5.73 Å². The third kappa shape index (κ3) is 3.58. The fourth-order valence-electron chi connectivity index (χ4n) is 0.266. The van der Waals surface area contributed by atoms with Crippen molar-refractivity contribution >= 4 is 5.96 Å². The van der Waals surface area contributed by atoms with E-state index in [0.717, 1.165) is 0 Å². The Labute approximate surface area is 55.9 Å². The number of aliphatic imine (C=N–C) groups is 1. The first-order valence-electron chi connectivity index (χ1n) is 2.80. The minimum atomic E-state index is 0.521.